The molecule has 0 spiro atoms. The Hall–Kier alpha value is -2.88. The van der Waals surface area contributed by atoms with Crippen LogP contribution >= 0.6 is 0 Å². The van der Waals surface area contributed by atoms with Crippen LogP contribution in [0.2, 0.25) is 0 Å². The highest BCUT2D eigenvalue weighted by atomic mass is 16.5. The molecule has 2 aromatic carbocycles. The molecule has 0 saturated heterocycles. The molecule has 3 aromatic rings. The van der Waals surface area contributed by atoms with E-state index in [4.69, 9.17) is 4.74 Å². The first kappa shape index (κ1) is 13.1. The summed E-state index contributed by atoms with van der Waals surface area (Å²) in [4.78, 5) is 11.1. The summed E-state index contributed by atoms with van der Waals surface area (Å²) in [6, 6.07) is 21.4. The van der Waals surface area contributed by atoms with E-state index in [1.807, 2.05) is 60.7 Å². The number of hydrogen-bond acceptors (Lipinski definition) is 3. The third kappa shape index (κ3) is 2.84. The average Bonchev–Trinajstić information content (AvgIpc) is 2.92. The molecule has 0 bridgehead atoms. The average molecular weight is 278 g/mol. The van der Waals surface area contributed by atoms with Crippen molar-refractivity contribution < 1.29 is 9.53 Å². The monoisotopic (exact) mass is 278 g/mol. The molecule has 3 rings (SSSR count). The Morgan fingerprint density at radius 3 is 2.24 bits per heavy atom. The van der Waals surface area contributed by atoms with Crippen LogP contribution in [0.25, 0.3) is 16.9 Å². The van der Waals surface area contributed by atoms with Crippen LogP contribution in [0.4, 0.5) is 0 Å². The van der Waals surface area contributed by atoms with Gasteiger partial charge in [0.25, 0.3) is 0 Å². The van der Waals surface area contributed by atoms with E-state index in [1.54, 1.807) is 10.7 Å². The lowest BCUT2D eigenvalue weighted by atomic mass is 10.1. The molecule has 0 amide bonds. The number of aromatic nitrogens is 2. The predicted molar refractivity (Wildman–Crippen MR) is 80.3 cm³/mol. The van der Waals surface area contributed by atoms with Crippen LogP contribution in [0, 0.1) is 0 Å². The maximum Gasteiger partial charge on any atom is 0.309 e. The smallest absolute Gasteiger partial charge is 0.309 e. The molecule has 0 aliphatic carbocycles. The number of ether oxygens (including phenoxy) is 1. The van der Waals surface area contributed by atoms with E-state index in [9.17, 15) is 4.79 Å². The van der Waals surface area contributed by atoms with Gasteiger partial charge in [0.05, 0.1) is 11.4 Å². The van der Waals surface area contributed by atoms with Crippen molar-refractivity contribution >= 4 is 5.97 Å². The van der Waals surface area contributed by atoms with E-state index in [2.05, 4.69) is 5.10 Å². The number of rotatable bonds is 3. The van der Waals surface area contributed by atoms with Gasteiger partial charge in [0.1, 0.15) is 0 Å². The fourth-order valence-electron chi connectivity index (χ4n) is 2.14. The van der Waals surface area contributed by atoms with Crippen LogP contribution in [-0.2, 0) is 4.79 Å². The summed E-state index contributed by atoms with van der Waals surface area (Å²) in [5.74, 6) is -0.0856. The van der Waals surface area contributed by atoms with Crippen LogP contribution in [0.5, 0.6) is 5.88 Å². The largest absolute Gasteiger partial charge is 0.406 e. The van der Waals surface area contributed by atoms with Crippen LogP contribution in [0.3, 0.4) is 0 Å². The summed E-state index contributed by atoms with van der Waals surface area (Å²) >= 11 is 0. The van der Waals surface area contributed by atoms with E-state index >= 15 is 0 Å². The molecule has 104 valence electrons. The molecule has 0 unspecified atom stereocenters. The van der Waals surface area contributed by atoms with Gasteiger partial charge in [-0.3, -0.25) is 4.79 Å². The Labute approximate surface area is 122 Å². The maximum atomic E-state index is 11.1. The van der Waals surface area contributed by atoms with Crippen molar-refractivity contribution in [3.8, 4) is 22.8 Å². The zero-order chi connectivity index (χ0) is 14.7. The molecule has 0 fully saturated rings. The predicted octanol–water partition coefficient (Wildman–Crippen LogP) is 3.46. The lowest BCUT2D eigenvalue weighted by Gasteiger charge is -2.06. The summed E-state index contributed by atoms with van der Waals surface area (Å²) in [5, 5.41) is 4.37. The van der Waals surface area contributed by atoms with Crippen molar-refractivity contribution in [1.82, 2.24) is 9.78 Å². The lowest BCUT2D eigenvalue weighted by molar-refractivity contribution is -0.132. The second-order valence-corrected chi connectivity index (χ2v) is 4.57. The van der Waals surface area contributed by atoms with Gasteiger partial charge in [-0.05, 0) is 12.1 Å². The Kier molecular flexibility index (Phi) is 3.51. The van der Waals surface area contributed by atoms with Crippen molar-refractivity contribution in [2.45, 2.75) is 6.92 Å². The third-order valence-electron chi connectivity index (χ3n) is 3.01. The highest BCUT2D eigenvalue weighted by molar-refractivity contribution is 5.70. The SMILES string of the molecule is CC(=O)Oc1cc(-c2ccccc2)n(-c2ccccc2)n1. The molecule has 0 atom stereocenters. The van der Waals surface area contributed by atoms with Crippen molar-refractivity contribution in [2.75, 3.05) is 0 Å². The molecular formula is C17H14N2O2. The van der Waals surface area contributed by atoms with E-state index < -0.39 is 0 Å². The van der Waals surface area contributed by atoms with Crippen molar-refractivity contribution in [3.05, 3.63) is 66.7 Å². The molecule has 0 aliphatic heterocycles. The quantitative estimate of drug-likeness (QED) is 0.689. The fourth-order valence-corrected chi connectivity index (χ4v) is 2.14. The minimum atomic E-state index is -0.382. The molecule has 4 nitrogen and oxygen atoms in total. The Morgan fingerprint density at radius 2 is 1.62 bits per heavy atom. The highest BCUT2D eigenvalue weighted by Gasteiger charge is 2.13. The molecule has 0 N–H and O–H groups in total. The van der Waals surface area contributed by atoms with Crippen LogP contribution in [0.1, 0.15) is 6.92 Å². The Bertz CT molecular complexity index is 692. The molecular weight excluding hydrogens is 264 g/mol. The summed E-state index contributed by atoms with van der Waals surface area (Å²) in [6.45, 7) is 1.36. The van der Waals surface area contributed by atoms with E-state index in [0.29, 0.717) is 5.88 Å². The van der Waals surface area contributed by atoms with Gasteiger partial charge < -0.3 is 4.74 Å². The highest BCUT2D eigenvalue weighted by Crippen LogP contribution is 2.26. The van der Waals surface area contributed by atoms with E-state index in [1.165, 1.54) is 6.92 Å². The summed E-state index contributed by atoms with van der Waals surface area (Å²) < 4.78 is 6.88. The number of carbonyl (C=O) groups is 1. The Balaban J connectivity index is 2.13. The van der Waals surface area contributed by atoms with Gasteiger partial charge in [0, 0.05) is 18.6 Å². The van der Waals surface area contributed by atoms with Gasteiger partial charge in [0.2, 0.25) is 5.88 Å². The van der Waals surface area contributed by atoms with E-state index in [0.717, 1.165) is 16.9 Å². The molecule has 0 aliphatic rings. The van der Waals surface area contributed by atoms with Crippen molar-refractivity contribution in [2.24, 2.45) is 0 Å². The molecule has 21 heavy (non-hydrogen) atoms. The number of para-hydroxylation sites is 1. The molecule has 0 radical (unpaired) electrons. The van der Waals surface area contributed by atoms with Crippen molar-refractivity contribution in [3.63, 3.8) is 0 Å². The first-order valence-corrected chi connectivity index (χ1v) is 6.63. The van der Waals surface area contributed by atoms with Gasteiger partial charge in [-0.1, -0.05) is 48.5 Å². The van der Waals surface area contributed by atoms with Gasteiger partial charge in [-0.2, -0.15) is 0 Å². The summed E-state index contributed by atoms with van der Waals surface area (Å²) in [5.41, 5.74) is 2.79. The van der Waals surface area contributed by atoms with Crippen LogP contribution in [-0.4, -0.2) is 15.7 Å². The zero-order valence-corrected chi connectivity index (χ0v) is 11.6. The first-order valence-electron chi connectivity index (χ1n) is 6.63. The third-order valence-corrected chi connectivity index (χ3v) is 3.01. The van der Waals surface area contributed by atoms with Crippen LogP contribution in [0.15, 0.2) is 66.7 Å². The van der Waals surface area contributed by atoms with Crippen molar-refractivity contribution in [1.29, 1.82) is 0 Å². The van der Waals surface area contributed by atoms with Gasteiger partial charge in [0.15, 0.2) is 0 Å². The zero-order valence-electron chi connectivity index (χ0n) is 11.6. The number of esters is 1. The Morgan fingerprint density at radius 1 is 1.00 bits per heavy atom. The second kappa shape index (κ2) is 5.63. The number of benzene rings is 2. The van der Waals surface area contributed by atoms with Gasteiger partial charge in [-0.25, -0.2) is 4.68 Å². The first-order chi connectivity index (χ1) is 10.2. The molecule has 4 heteroatoms. The standard InChI is InChI=1S/C17H14N2O2/c1-13(20)21-17-12-16(14-8-4-2-5-9-14)19(18-17)15-10-6-3-7-11-15/h2-12H,1H3. The maximum absolute atomic E-state index is 11.1. The minimum absolute atomic E-state index is 0.296. The normalized spacial score (nSPS) is 10.3. The molecule has 1 aromatic heterocycles. The van der Waals surface area contributed by atoms with Crippen LogP contribution < -0.4 is 4.74 Å². The fraction of sp³-hybridized carbons (Fsp3) is 0.0588. The summed E-state index contributed by atoms with van der Waals surface area (Å²) in [7, 11) is 0. The number of carbonyl (C=O) groups excluding carboxylic acids is 1. The number of hydrogen-bond donors (Lipinski definition) is 0. The summed E-state index contributed by atoms with van der Waals surface area (Å²) in [6.07, 6.45) is 0. The molecule has 1 heterocycles. The minimum Gasteiger partial charge on any atom is -0.406 e. The molecule has 0 saturated carbocycles. The topological polar surface area (TPSA) is 44.1 Å². The van der Waals surface area contributed by atoms with Gasteiger partial charge >= 0.3 is 5.97 Å². The van der Waals surface area contributed by atoms with E-state index in [-0.39, 0.29) is 5.97 Å². The number of nitrogens with zero attached hydrogens (tertiary/aromatic N) is 2. The second-order valence-electron chi connectivity index (χ2n) is 4.57. The van der Waals surface area contributed by atoms with Gasteiger partial charge in [-0.15, -0.1) is 5.10 Å². The lowest BCUT2D eigenvalue weighted by Crippen LogP contribution is -2.03.